The predicted octanol–water partition coefficient (Wildman–Crippen LogP) is 3.06. The number of thioether (sulfide) groups is 1. The highest BCUT2D eigenvalue weighted by molar-refractivity contribution is 8.00. The number of rotatable bonds is 4. The second kappa shape index (κ2) is 6.12. The Labute approximate surface area is 112 Å². The monoisotopic (exact) mass is 292 g/mol. The van der Waals surface area contributed by atoms with E-state index in [1.165, 1.54) is 24.3 Å². The van der Waals surface area contributed by atoms with Gasteiger partial charge in [0.2, 0.25) is 0 Å². The van der Waals surface area contributed by atoms with E-state index in [0.717, 1.165) is 7.11 Å². The first-order chi connectivity index (χ1) is 8.74. The van der Waals surface area contributed by atoms with Crippen molar-refractivity contribution in [3.63, 3.8) is 0 Å². The van der Waals surface area contributed by atoms with E-state index in [2.05, 4.69) is 11.3 Å². The molecule has 0 fully saturated rings. The van der Waals surface area contributed by atoms with Crippen LogP contribution in [0.15, 0.2) is 41.3 Å². The molecule has 1 rings (SSSR count). The Morgan fingerprint density at radius 3 is 2.32 bits per heavy atom. The number of carbonyl (C=O) groups excluding carboxylic acids is 1. The molecule has 0 heterocycles. The molecule has 1 N–H and O–H groups in total. The molecule has 1 aromatic carbocycles. The molecule has 0 amide bonds. The fourth-order valence-electron chi connectivity index (χ4n) is 1.30. The smallest absolute Gasteiger partial charge is 0.446 e. The topological polar surface area (TPSA) is 46.5 Å². The number of hydrogen-bond acceptors (Lipinski definition) is 4. The van der Waals surface area contributed by atoms with Crippen molar-refractivity contribution in [1.82, 2.24) is 0 Å². The third-order valence-electron chi connectivity index (χ3n) is 2.21. The van der Waals surface area contributed by atoms with Gasteiger partial charge in [0.15, 0.2) is 0 Å². The van der Waals surface area contributed by atoms with Crippen LogP contribution >= 0.6 is 11.8 Å². The summed E-state index contributed by atoms with van der Waals surface area (Å²) in [5, 5.41) is 9.78. The zero-order valence-electron chi connectivity index (χ0n) is 9.90. The summed E-state index contributed by atoms with van der Waals surface area (Å²) in [6.45, 7) is 3.37. The summed E-state index contributed by atoms with van der Waals surface area (Å²) < 4.78 is 40.7. The van der Waals surface area contributed by atoms with Crippen molar-refractivity contribution >= 4 is 17.7 Å². The van der Waals surface area contributed by atoms with Gasteiger partial charge in [0.25, 0.3) is 0 Å². The maximum atomic E-state index is 12.1. The van der Waals surface area contributed by atoms with E-state index in [4.69, 9.17) is 0 Å². The largest absolute Gasteiger partial charge is 0.466 e. The quantitative estimate of drug-likeness (QED) is 0.526. The lowest BCUT2D eigenvalue weighted by Gasteiger charge is -2.13. The minimum absolute atomic E-state index is 0.00729. The lowest BCUT2D eigenvalue weighted by atomic mass is 10.0. The maximum absolute atomic E-state index is 12.1. The van der Waals surface area contributed by atoms with Gasteiger partial charge >= 0.3 is 11.5 Å². The van der Waals surface area contributed by atoms with Crippen molar-refractivity contribution in [2.45, 2.75) is 16.5 Å². The van der Waals surface area contributed by atoms with Crippen LogP contribution in [0.5, 0.6) is 0 Å². The van der Waals surface area contributed by atoms with Gasteiger partial charge in [-0.1, -0.05) is 18.7 Å². The fraction of sp³-hybridized carbons (Fsp3) is 0.250. The van der Waals surface area contributed by atoms with Crippen LogP contribution in [0, 0.1) is 0 Å². The summed E-state index contributed by atoms with van der Waals surface area (Å²) in [7, 11) is 1.14. The van der Waals surface area contributed by atoms with Crippen LogP contribution in [-0.2, 0) is 9.53 Å². The molecule has 0 aliphatic carbocycles. The molecule has 1 aromatic rings. The van der Waals surface area contributed by atoms with E-state index < -0.39 is 17.6 Å². The standard InChI is InChI=1S/C12H11F3O3S/c1-7(11(17)18-2)10(16)8-3-5-9(6-4-8)19-12(13,14)15/h3-6,10,16H,1H2,2H3. The first-order valence-electron chi connectivity index (χ1n) is 5.05. The number of ether oxygens (including phenoxy) is 1. The molecule has 104 valence electrons. The highest BCUT2D eigenvalue weighted by Crippen LogP contribution is 2.37. The highest BCUT2D eigenvalue weighted by Gasteiger charge is 2.29. The second-order valence-corrected chi connectivity index (χ2v) is 4.67. The van der Waals surface area contributed by atoms with Gasteiger partial charge in [-0.15, -0.1) is 0 Å². The lowest BCUT2D eigenvalue weighted by Crippen LogP contribution is -2.11. The predicted molar refractivity (Wildman–Crippen MR) is 64.5 cm³/mol. The normalized spacial score (nSPS) is 12.9. The zero-order valence-corrected chi connectivity index (χ0v) is 10.7. The Balaban J connectivity index is 2.81. The summed E-state index contributed by atoms with van der Waals surface area (Å²) in [4.78, 5) is 11.1. The molecule has 0 saturated carbocycles. The van der Waals surface area contributed by atoms with Gasteiger partial charge in [-0.05, 0) is 29.5 Å². The first kappa shape index (κ1) is 15.6. The van der Waals surface area contributed by atoms with Gasteiger partial charge in [-0.2, -0.15) is 13.2 Å². The molecular formula is C12H11F3O3S. The number of aliphatic hydroxyl groups is 1. The zero-order chi connectivity index (χ0) is 14.6. The molecule has 0 aliphatic rings. The van der Waals surface area contributed by atoms with Gasteiger partial charge in [-0.3, -0.25) is 0 Å². The summed E-state index contributed by atoms with van der Waals surface area (Å²) in [5.74, 6) is -0.777. The Bertz CT molecular complexity index is 468. The van der Waals surface area contributed by atoms with Gasteiger partial charge in [0.05, 0.1) is 12.7 Å². The van der Waals surface area contributed by atoms with Crippen LogP contribution in [0.25, 0.3) is 0 Å². The van der Waals surface area contributed by atoms with Crippen molar-refractivity contribution in [2.24, 2.45) is 0 Å². The summed E-state index contributed by atoms with van der Waals surface area (Å²) >= 11 is -0.255. The minimum atomic E-state index is -4.37. The van der Waals surface area contributed by atoms with Crippen molar-refractivity contribution in [3.8, 4) is 0 Å². The van der Waals surface area contributed by atoms with Gasteiger partial charge in [-0.25, -0.2) is 4.79 Å². The molecule has 19 heavy (non-hydrogen) atoms. The van der Waals surface area contributed by atoms with E-state index in [1.807, 2.05) is 0 Å². The van der Waals surface area contributed by atoms with Gasteiger partial charge in [0.1, 0.15) is 6.10 Å². The maximum Gasteiger partial charge on any atom is 0.446 e. The Morgan fingerprint density at radius 2 is 1.89 bits per heavy atom. The Morgan fingerprint density at radius 1 is 1.37 bits per heavy atom. The van der Waals surface area contributed by atoms with E-state index in [9.17, 15) is 23.1 Å². The molecule has 3 nitrogen and oxygen atoms in total. The highest BCUT2D eigenvalue weighted by atomic mass is 32.2. The van der Waals surface area contributed by atoms with E-state index in [0.29, 0.717) is 0 Å². The van der Waals surface area contributed by atoms with Crippen LogP contribution < -0.4 is 0 Å². The average Bonchev–Trinajstić information content (AvgIpc) is 2.35. The van der Waals surface area contributed by atoms with Crippen LogP contribution in [-0.4, -0.2) is 23.7 Å². The number of esters is 1. The van der Waals surface area contributed by atoms with Crippen molar-refractivity contribution < 1.29 is 27.8 Å². The molecule has 0 saturated heterocycles. The van der Waals surface area contributed by atoms with Crippen LogP contribution in [0.1, 0.15) is 11.7 Å². The van der Waals surface area contributed by atoms with Gasteiger partial charge < -0.3 is 9.84 Å². The number of benzene rings is 1. The molecule has 0 radical (unpaired) electrons. The average molecular weight is 292 g/mol. The van der Waals surface area contributed by atoms with E-state index >= 15 is 0 Å². The number of carbonyl (C=O) groups is 1. The SMILES string of the molecule is C=C(C(=O)OC)C(O)c1ccc(SC(F)(F)F)cc1. The third-order valence-corrected chi connectivity index (χ3v) is 2.95. The van der Waals surface area contributed by atoms with Gasteiger partial charge in [0, 0.05) is 4.90 Å². The number of methoxy groups -OCH3 is 1. The first-order valence-corrected chi connectivity index (χ1v) is 5.87. The number of hydrogen-bond donors (Lipinski definition) is 1. The molecule has 0 spiro atoms. The number of alkyl halides is 3. The molecule has 0 aliphatic heterocycles. The fourth-order valence-corrected chi connectivity index (χ4v) is 1.84. The number of halogens is 3. The molecule has 1 atom stereocenters. The molecular weight excluding hydrogens is 281 g/mol. The molecule has 1 unspecified atom stereocenters. The van der Waals surface area contributed by atoms with Crippen LogP contribution in [0.4, 0.5) is 13.2 Å². The Kier molecular flexibility index (Phi) is 5.02. The van der Waals surface area contributed by atoms with Crippen molar-refractivity contribution in [2.75, 3.05) is 7.11 Å². The second-order valence-electron chi connectivity index (χ2n) is 3.54. The molecule has 0 aromatic heterocycles. The minimum Gasteiger partial charge on any atom is -0.466 e. The Hall–Kier alpha value is -1.47. The van der Waals surface area contributed by atoms with E-state index in [-0.39, 0.29) is 27.8 Å². The van der Waals surface area contributed by atoms with Crippen molar-refractivity contribution in [3.05, 3.63) is 42.0 Å². The molecule has 7 heteroatoms. The lowest BCUT2D eigenvalue weighted by molar-refractivity contribution is -0.137. The third kappa shape index (κ3) is 4.60. The van der Waals surface area contributed by atoms with Crippen molar-refractivity contribution in [1.29, 1.82) is 0 Å². The summed E-state index contributed by atoms with van der Waals surface area (Å²) in [6.07, 6.45) is -1.31. The number of aliphatic hydroxyl groups excluding tert-OH is 1. The molecule has 0 bridgehead atoms. The van der Waals surface area contributed by atoms with E-state index in [1.54, 1.807) is 0 Å². The summed E-state index contributed by atoms with van der Waals surface area (Å²) in [5.41, 5.74) is -4.28. The van der Waals surface area contributed by atoms with Crippen LogP contribution in [0.2, 0.25) is 0 Å². The van der Waals surface area contributed by atoms with Crippen LogP contribution in [0.3, 0.4) is 0 Å². The summed E-state index contributed by atoms with van der Waals surface area (Å²) in [6, 6.07) is 5.02.